The Balaban J connectivity index is 2.50. The first-order valence-electron chi connectivity index (χ1n) is 4.32. The van der Waals surface area contributed by atoms with Gasteiger partial charge in [-0.2, -0.15) is 0 Å². The maximum absolute atomic E-state index is 8.96. The Morgan fingerprint density at radius 3 is 2.60 bits per heavy atom. The van der Waals surface area contributed by atoms with E-state index in [4.69, 9.17) is 28.3 Å². The number of aliphatic hydroxyl groups is 1. The van der Waals surface area contributed by atoms with Gasteiger partial charge in [0.05, 0.1) is 17.3 Å². The number of aromatic amines is 1. The minimum Gasteiger partial charge on any atom is -0.390 e. The largest absolute Gasteiger partial charge is 0.390 e. The van der Waals surface area contributed by atoms with Crippen LogP contribution in [-0.4, -0.2) is 15.1 Å². The van der Waals surface area contributed by atoms with Crippen LogP contribution in [0.4, 0.5) is 0 Å². The van der Waals surface area contributed by atoms with E-state index in [2.05, 4.69) is 9.97 Å². The first-order valence-corrected chi connectivity index (χ1v) is 5.08. The zero-order chi connectivity index (χ0) is 10.8. The van der Waals surface area contributed by atoms with Crippen LogP contribution in [0.3, 0.4) is 0 Å². The highest BCUT2D eigenvalue weighted by molar-refractivity contribution is 6.33. The zero-order valence-corrected chi connectivity index (χ0v) is 9.18. The fourth-order valence-corrected chi connectivity index (χ4v) is 1.69. The van der Waals surface area contributed by atoms with Crippen LogP contribution in [0, 0.1) is 0 Å². The second-order valence-corrected chi connectivity index (χ2v) is 3.76. The Morgan fingerprint density at radius 2 is 2.00 bits per heavy atom. The van der Waals surface area contributed by atoms with Gasteiger partial charge in [-0.3, -0.25) is 0 Å². The number of nitrogens with zero attached hydrogens (tertiary/aromatic N) is 1. The maximum atomic E-state index is 8.96. The highest BCUT2D eigenvalue weighted by Gasteiger charge is 2.10. The van der Waals surface area contributed by atoms with E-state index in [-0.39, 0.29) is 11.8 Å². The molecule has 0 amide bonds. The number of halogens is 2. The van der Waals surface area contributed by atoms with Gasteiger partial charge < -0.3 is 10.1 Å². The van der Waals surface area contributed by atoms with Crippen molar-refractivity contribution in [3.8, 4) is 11.4 Å². The summed E-state index contributed by atoms with van der Waals surface area (Å²) in [5.41, 5.74) is 1.26. The predicted octanol–water partition coefficient (Wildman–Crippen LogP) is 2.88. The summed E-state index contributed by atoms with van der Waals surface area (Å²) in [5, 5.41) is 9.82. The molecule has 0 aliphatic carbocycles. The number of H-pyrrole nitrogens is 1. The molecule has 15 heavy (non-hydrogen) atoms. The smallest absolute Gasteiger partial charge is 0.153 e. The van der Waals surface area contributed by atoms with Crippen molar-refractivity contribution >= 4 is 23.2 Å². The summed E-state index contributed by atoms with van der Waals surface area (Å²) >= 11 is 11.8. The van der Waals surface area contributed by atoms with Crippen LogP contribution in [0.5, 0.6) is 0 Å². The van der Waals surface area contributed by atoms with Gasteiger partial charge in [0.25, 0.3) is 0 Å². The number of hydrogen-bond acceptors (Lipinski definition) is 2. The van der Waals surface area contributed by atoms with Crippen molar-refractivity contribution in [3.05, 3.63) is 40.1 Å². The Kier molecular flexibility index (Phi) is 2.95. The van der Waals surface area contributed by atoms with Crippen LogP contribution >= 0.6 is 23.2 Å². The molecule has 0 saturated heterocycles. The van der Waals surface area contributed by atoms with Gasteiger partial charge in [-0.1, -0.05) is 35.3 Å². The summed E-state index contributed by atoms with van der Waals surface area (Å²) in [6, 6.07) is 7.30. The van der Waals surface area contributed by atoms with Crippen molar-refractivity contribution < 1.29 is 5.11 Å². The second kappa shape index (κ2) is 4.23. The number of aromatic nitrogens is 2. The van der Waals surface area contributed by atoms with Gasteiger partial charge >= 0.3 is 0 Å². The molecule has 0 atom stereocenters. The van der Waals surface area contributed by atoms with E-state index in [0.717, 1.165) is 5.56 Å². The van der Waals surface area contributed by atoms with E-state index < -0.39 is 0 Å². The van der Waals surface area contributed by atoms with Crippen LogP contribution in [0.15, 0.2) is 24.3 Å². The van der Waals surface area contributed by atoms with Crippen LogP contribution in [0.2, 0.25) is 10.2 Å². The molecular formula is C10H8Cl2N2O. The topological polar surface area (TPSA) is 48.9 Å². The molecule has 78 valence electrons. The highest BCUT2D eigenvalue weighted by Crippen LogP contribution is 2.27. The van der Waals surface area contributed by atoms with E-state index >= 15 is 0 Å². The first-order chi connectivity index (χ1) is 7.22. The summed E-state index contributed by atoms with van der Waals surface area (Å²) in [4.78, 5) is 6.99. The zero-order valence-electron chi connectivity index (χ0n) is 7.67. The molecule has 2 rings (SSSR count). The van der Waals surface area contributed by atoms with Gasteiger partial charge in [0.1, 0.15) is 5.82 Å². The van der Waals surface area contributed by atoms with Crippen molar-refractivity contribution in [1.82, 2.24) is 9.97 Å². The minimum absolute atomic E-state index is 0.170. The van der Waals surface area contributed by atoms with Crippen molar-refractivity contribution in [2.45, 2.75) is 6.61 Å². The molecule has 0 bridgehead atoms. The summed E-state index contributed by atoms with van der Waals surface area (Å²) < 4.78 is 0. The van der Waals surface area contributed by atoms with Crippen LogP contribution in [-0.2, 0) is 6.61 Å². The van der Waals surface area contributed by atoms with Crippen molar-refractivity contribution in [1.29, 1.82) is 0 Å². The SMILES string of the molecule is OCc1[nH]c(-c2ccccc2Cl)nc1Cl. The molecular weight excluding hydrogens is 235 g/mol. The lowest BCUT2D eigenvalue weighted by Gasteiger charge is -1.98. The summed E-state index contributed by atoms with van der Waals surface area (Å²) in [7, 11) is 0. The van der Waals surface area contributed by atoms with Gasteiger partial charge in [-0.15, -0.1) is 0 Å². The molecule has 0 unspecified atom stereocenters. The van der Waals surface area contributed by atoms with Gasteiger partial charge in [-0.05, 0) is 12.1 Å². The van der Waals surface area contributed by atoms with Gasteiger partial charge in [0.15, 0.2) is 5.15 Å². The van der Waals surface area contributed by atoms with Crippen molar-refractivity contribution in [3.63, 3.8) is 0 Å². The Morgan fingerprint density at radius 1 is 1.27 bits per heavy atom. The van der Waals surface area contributed by atoms with E-state index in [1.165, 1.54) is 0 Å². The molecule has 0 radical (unpaired) electrons. The third-order valence-corrected chi connectivity index (χ3v) is 2.66. The highest BCUT2D eigenvalue weighted by atomic mass is 35.5. The third kappa shape index (κ3) is 2.00. The fraction of sp³-hybridized carbons (Fsp3) is 0.100. The lowest BCUT2D eigenvalue weighted by atomic mass is 10.2. The molecule has 1 aromatic carbocycles. The van der Waals surface area contributed by atoms with Gasteiger partial charge in [-0.25, -0.2) is 4.98 Å². The molecule has 0 spiro atoms. The third-order valence-electron chi connectivity index (χ3n) is 2.02. The van der Waals surface area contributed by atoms with Gasteiger partial charge in [0, 0.05) is 5.56 Å². The van der Waals surface area contributed by atoms with Crippen LogP contribution in [0.25, 0.3) is 11.4 Å². The summed E-state index contributed by atoms with van der Waals surface area (Å²) in [6.07, 6.45) is 0. The Hall–Kier alpha value is -1.03. The van der Waals surface area contributed by atoms with E-state index in [1.54, 1.807) is 6.07 Å². The average Bonchev–Trinajstić information content (AvgIpc) is 2.60. The molecule has 5 heteroatoms. The fourth-order valence-electron chi connectivity index (χ4n) is 1.27. The Labute approximate surface area is 96.7 Å². The lowest BCUT2D eigenvalue weighted by molar-refractivity contribution is 0.277. The van der Waals surface area contributed by atoms with Gasteiger partial charge in [0.2, 0.25) is 0 Å². The molecule has 0 fully saturated rings. The lowest BCUT2D eigenvalue weighted by Crippen LogP contribution is -1.84. The van der Waals surface area contributed by atoms with E-state index in [9.17, 15) is 0 Å². The second-order valence-electron chi connectivity index (χ2n) is 2.99. The summed E-state index contributed by atoms with van der Waals surface area (Å²) in [5.74, 6) is 0.564. The molecule has 0 saturated carbocycles. The van der Waals surface area contributed by atoms with Crippen molar-refractivity contribution in [2.24, 2.45) is 0 Å². The maximum Gasteiger partial charge on any atom is 0.153 e. The molecule has 2 N–H and O–H groups in total. The number of aliphatic hydroxyl groups excluding tert-OH is 1. The monoisotopic (exact) mass is 242 g/mol. The van der Waals surface area contributed by atoms with E-state index in [1.807, 2.05) is 18.2 Å². The normalized spacial score (nSPS) is 10.6. The molecule has 3 nitrogen and oxygen atoms in total. The first kappa shape index (κ1) is 10.5. The average molecular weight is 243 g/mol. The number of nitrogens with one attached hydrogen (secondary N) is 1. The quantitative estimate of drug-likeness (QED) is 0.851. The predicted molar refractivity (Wildman–Crippen MR) is 60.0 cm³/mol. The summed E-state index contributed by atoms with van der Waals surface area (Å²) in [6.45, 7) is -0.170. The number of benzene rings is 1. The molecule has 1 aromatic heterocycles. The van der Waals surface area contributed by atoms with E-state index in [0.29, 0.717) is 16.5 Å². The number of hydrogen-bond donors (Lipinski definition) is 2. The molecule has 0 aliphatic heterocycles. The molecule has 2 aromatic rings. The number of rotatable bonds is 2. The molecule has 1 heterocycles. The van der Waals surface area contributed by atoms with Crippen molar-refractivity contribution in [2.75, 3.05) is 0 Å². The standard InChI is InChI=1S/C10H8Cl2N2O/c11-7-4-2-1-3-6(7)10-13-8(5-15)9(12)14-10/h1-4,15H,5H2,(H,13,14). The minimum atomic E-state index is -0.170. The van der Waals surface area contributed by atoms with Crippen LogP contribution < -0.4 is 0 Å². The van der Waals surface area contributed by atoms with Crippen LogP contribution in [0.1, 0.15) is 5.69 Å². The molecule has 0 aliphatic rings. The Bertz CT molecular complexity index is 482. The number of imidazole rings is 1.